The molecule has 0 aliphatic carbocycles. The summed E-state index contributed by atoms with van der Waals surface area (Å²) in [5, 5.41) is 10.6. The first-order chi connectivity index (χ1) is 9.67. The Morgan fingerprint density at radius 3 is 2.76 bits per heavy atom. The molecule has 114 valence electrons. The summed E-state index contributed by atoms with van der Waals surface area (Å²) in [7, 11) is 1.49. The van der Waals surface area contributed by atoms with Gasteiger partial charge in [-0.15, -0.1) is 0 Å². The third kappa shape index (κ3) is 3.89. The maximum atomic E-state index is 11.9. The van der Waals surface area contributed by atoms with Gasteiger partial charge in [0.25, 0.3) is 5.69 Å². The van der Waals surface area contributed by atoms with Crippen LogP contribution in [-0.4, -0.2) is 36.5 Å². The van der Waals surface area contributed by atoms with E-state index in [2.05, 4.69) is 20.9 Å². The first-order valence-electron chi connectivity index (χ1n) is 5.70. The molecule has 1 saturated heterocycles. The van der Waals surface area contributed by atoms with Gasteiger partial charge in [0.2, 0.25) is 15.0 Å². The molecule has 0 bridgehead atoms. The van der Waals surface area contributed by atoms with Gasteiger partial charge in [-0.05, 0) is 15.9 Å². The lowest BCUT2D eigenvalue weighted by Crippen LogP contribution is -2.26. The molecule has 1 aliphatic rings. The SMILES string of the molecule is O=C1CC(CS(=O)(=O)Cl)CN1c1ncc([N+](=O)[O-])cc1Br. The van der Waals surface area contributed by atoms with Crippen molar-refractivity contribution in [3.8, 4) is 0 Å². The number of hydrogen-bond acceptors (Lipinski definition) is 6. The molecular formula is C10H9BrClN3O5S. The zero-order valence-electron chi connectivity index (χ0n) is 10.4. The molecule has 11 heteroatoms. The van der Waals surface area contributed by atoms with E-state index in [1.54, 1.807) is 0 Å². The van der Waals surface area contributed by atoms with Crippen LogP contribution < -0.4 is 4.90 Å². The predicted molar refractivity (Wildman–Crippen MR) is 78.7 cm³/mol. The van der Waals surface area contributed by atoms with E-state index in [0.717, 1.165) is 6.20 Å². The highest BCUT2D eigenvalue weighted by Crippen LogP contribution is 2.32. The van der Waals surface area contributed by atoms with E-state index in [1.165, 1.54) is 11.0 Å². The quantitative estimate of drug-likeness (QED) is 0.433. The second kappa shape index (κ2) is 5.85. The minimum Gasteiger partial charge on any atom is -0.296 e. The molecule has 2 rings (SSSR count). The van der Waals surface area contributed by atoms with Crippen molar-refractivity contribution in [1.82, 2.24) is 4.98 Å². The highest BCUT2D eigenvalue weighted by Gasteiger charge is 2.35. The maximum absolute atomic E-state index is 11.9. The summed E-state index contributed by atoms with van der Waals surface area (Å²) < 4.78 is 22.4. The Morgan fingerprint density at radius 2 is 2.24 bits per heavy atom. The topological polar surface area (TPSA) is 110 Å². The highest BCUT2D eigenvalue weighted by atomic mass is 79.9. The fourth-order valence-corrected chi connectivity index (χ4v) is 3.97. The van der Waals surface area contributed by atoms with Crippen LogP contribution in [0.25, 0.3) is 0 Å². The Bertz CT molecular complexity index is 711. The number of anilines is 1. The van der Waals surface area contributed by atoms with Crippen molar-refractivity contribution in [3.05, 3.63) is 26.9 Å². The largest absolute Gasteiger partial charge is 0.296 e. The number of hydrogen-bond donors (Lipinski definition) is 0. The number of nitrogens with zero attached hydrogens (tertiary/aromatic N) is 3. The number of amides is 1. The Hall–Kier alpha value is -1.26. The molecule has 1 amide bonds. The summed E-state index contributed by atoms with van der Waals surface area (Å²) in [6, 6.07) is 1.24. The van der Waals surface area contributed by atoms with Crippen molar-refractivity contribution in [3.63, 3.8) is 0 Å². The fraction of sp³-hybridized carbons (Fsp3) is 0.400. The molecule has 1 fully saturated rings. The summed E-state index contributed by atoms with van der Waals surface area (Å²) >= 11 is 3.13. The van der Waals surface area contributed by atoms with Gasteiger partial charge in [0, 0.05) is 35.6 Å². The molecule has 8 nitrogen and oxygen atoms in total. The van der Waals surface area contributed by atoms with E-state index in [9.17, 15) is 23.3 Å². The van der Waals surface area contributed by atoms with E-state index in [1.807, 2.05) is 0 Å². The second-order valence-electron chi connectivity index (χ2n) is 4.54. The first-order valence-corrected chi connectivity index (χ1v) is 8.97. The van der Waals surface area contributed by atoms with Crippen molar-refractivity contribution in [2.75, 3.05) is 17.2 Å². The van der Waals surface area contributed by atoms with Crippen LogP contribution in [0, 0.1) is 16.0 Å². The van der Waals surface area contributed by atoms with Crippen LogP contribution >= 0.6 is 26.6 Å². The molecule has 0 radical (unpaired) electrons. The van der Waals surface area contributed by atoms with E-state index >= 15 is 0 Å². The molecule has 1 aromatic heterocycles. The molecule has 21 heavy (non-hydrogen) atoms. The highest BCUT2D eigenvalue weighted by molar-refractivity contribution is 9.10. The number of aromatic nitrogens is 1. The predicted octanol–water partition coefficient (Wildman–Crippen LogP) is 1.67. The number of carbonyl (C=O) groups excluding carboxylic acids is 1. The molecule has 0 aromatic carbocycles. The number of carbonyl (C=O) groups is 1. The van der Waals surface area contributed by atoms with Crippen LogP contribution in [0.4, 0.5) is 11.5 Å². The minimum absolute atomic E-state index is 0.0387. The molecule has 0 N–H and O–H groups in total. The van der Waals surface area contributed by atoms with Gasteiger partial charge in [-0.1, -0.05) is 0 Å². The number of pyridine rings is 1. The van der Waals surface area contributed by atoms with E-state index in [-0.39, 0.29) is 36.1 Å². The molecule has 1 unspecified atom stereocenters. The molecule has 2 heterocycles. The second-order valence-corrected chi connectivity index (χ2v) is 8.21. The third-order valence-electron chi connectivity index (χ3n) is 2.91. The van der Waals surface area contributed by atoms with Gasteiger partial charge in [-0.2, -0.15) is 0 Å². The molecule has 1 aromatic rings. The average Bonchev–Trinajstić information content (AvgIpc) is 2.67. The number of halogens is 2. The van der Waals surface area contributed by atoms with Gasteiger partial charge in [0.05, 0.1) is 15.1 Å². The summed E-state index contributed by atoms with van der Waals surface area (Å²) in [5.41, 5.74) is -0.211. The number of rotatable bonds is 4. The van der Waals surface area contributed by atoms with Crippen LogP contribution in [0.2, 0.25) is 0 Å². The Kier molecular flexibility index (Phi) is 4.49. The summed E-state index contributed by atoms with van der Waals surface area (Å²) in [5.74, 6) is -0.812. The van der Waals surface area contributed by atoms with Crippen LogP contribution in [0.3, 0.4) is 0 Å². The van der Waals surface area contributed by atoms with Gasteiger partial charge in [-0.3, -0.25) is 19.8 Å². The van der Waals surface area contributed by atoms with Crippen LogP contribution in [-0.2, 0) is 13.8 Å². The summed E-state index contributed by atoms with van der Waals surface area (Å²) in [6.07, 6.45) is 1.08. The standard InChI is InChI=1S/C10H9BrClN3O5S/c11-8-2-7(15(17)18)3-13-10(8)14-4-6(1-9(14)16)5-21(12,19)20/h2-3,6H,1,4-5H2. The summed E-state index contributed by atoms with van der Waals surface area (Å²) in [6.45, 7) is 0.147. The summed E-state index contributed by atoms with van der Waals surface area (Å²) in [4.78, 5) is 27.2. The lowest BCUT2D eigenvalue weighted by Gasteiger charge is -2.16. The molecular weight excluding hydrogens is 390 g/mol. The van der Waals surface area contributed by atoms with Crippen molar-refractivity contribution >= 4 is 53.1 Å². The van der Waals surface area contributed by atoms with Gasteiger partial charge in [0.15, 0.2) is 0 Å². The van der Waals surface area contributed by atoms with Crippen molar-refractivity contribution in [2.24, 2.45) is 5.92 Å². The smallest absolute Gasteiger partial charge is 0.288 e. The zero-order chi connectivity index (χ0) is 15.8. The van der Waals surface area contributed by atoms with Gasteiger partial charge in [0.1, 0.15) is 12.0 Å². The maximum Gasteiger partial charge on any atom is 0.288 e. The Morgan fingerprint density at radius 1 is 1.57 bits per heavy atom. The van der Waals surface area contributed by atoms with Gasteiger partial charge < -0.3 is 0 Å². The molecule has 0 spiro atoms. The van der Waals surface area contributed by atoms with E-state index in [4.69, 9.17) is 10.7 Å². The lowest BCUT2D eigenvalue weighted by molar-refractivity contribution is -0.385. The fourth-order valence-electron chi connectivity index (χ4n) is 2.10. The van der Waals surface area contributed by atoms with Crippen molar-refractivity contribution in [1.29, 1.82) is 0 Å². The van der Waals surface area contributed by atoms with Gasteiger partial charge in [-0.25, -0.2) is 13.4 Å². The Labute approximate surface area is 132 Å². The molecule has 0 saturated carbocycles. The Balaban J connectivity index is 2.23. The van der Waals surface area contributed by atoms with Crippen molar-refractivity contribution in [2.45, 2.75) is 6.42 Å². The van der Waals surface area contributed by atoms with Crippen LogP contribution in [0.1, 0.15) is 6.42 Å². The van der Waals surface area contributed by atoms with Crippen LogP contribution in [0.5, 0.6) is 0 Å². The first kappa shape index (κ1) is 16.1. The lowest BCUT2D eigenvalue weighted by atomic mass is 10.1. The molecule has 1 aliphatic heterocycles. The third-order valence-corrected chi connectivity index (χ3v) is 4.74. The zero-order valence-corrected chi connectivity index (χ0v) is 13.6. The van der Waals surface area contributed by atoms with E-state index in [0.29, 0.717) is 4.47 Å². The average molecular weight is 399 g/mol. The minimum atomic E-state index is -3.69. The normalized spacial score (nSPS) is 19.0. The number of nitro groups is 1. The van der Waals surface area contributed by atoms with E-state index < -0.39 is 19.9 Å². The van der Waals surface area contributed by atoms with Crippen molar-refractivity contribution < 1.29 is 18.1 Å². The van der Waals surface area contributed by atoms with Gasteiger partial charge >= 0.3 is 0 Å². The molecule has 1 atom stereocenters. The monoisotopic (exact) mass is 397 g/mol. The van der Waals surface area contributed by atoms with Crippen LogP contribution in [0.15, 0.2) is 16.7 Å².